The van der Waals surface area contributed by atoms with Gasteiger partial charge in [-0.2, -0.15) is 0 Å². The molecule has 5 heteroatoms. The molecule has 4 nitrogen and oxygen atoms in total. The van der Waals surface area contributed by atoms with Gasteiger partial charge in [-0.1, -0.05) is 27.7 Å². The summed E-state index contributed by atoms with van der Waals surface area (Å²) >= 11 is 0. The Labute approximate surface area is 235 Å². The molecule has 0 saturated carbocycles. The number of aryl methyl sites for hydroxylation is 4. The summed E-state index contributed by atoms with van der Waals surface area (Å²) < 4.78 is 0. The summed E-state index contributed by atoms with van der Waals surface area (Å²) in [6, 6.07) is 8.98. The van der Waals surface area contributed by atoms with Crippen LogP contribution in [0.3, 0.4) is 0 Å². The van der Waals surface area contributed by atoms with Crippen molar-refractivity contribution in [1.82, 2.24) is 19.9 Å². The Bertz CT molecular complexity index is 1610. The topological polar surface area (TPSA) is 57.4 Å². The van der Waals surface area contributed by atoms with Crippen LogP contribution in [0.1, 0.15) is 99.4 Å². The zero-order chi connectivity index (χ0) is 25.7. The zero-order valence-corrected chi connectivity index (χ0v) is 25.6. The predicted molar refractivity (Wildman–Crippen MR) is 155 cm³/mol. The van der Waals surface area contributed by atoms with Crippen molar-refractivity contribution in [2.45, 2.75) is 81.1 Å². The van der Waals surface area contributed by atoms with Crippen LogP contribution in [0, 0.1) is 13.8 Å². The van der Waals surface area contributed by atoms with Gasteiger partial charge in [-0.05, 0) is 122 Å². The zero-order valence-electron chi connectivity index (χ0n) is 23.3. The Morgan fingerprint density at radius 1 is 0.514 bits per heavy atom. The molecule has 0 unspecified atom stereocenters. The van der Waals surface area contributed by atoms with E-state index in [0.29, 0.717) is 0 Å². The maximum absolute atomic E-state index is 5.14. The van der Waals surface area contributed by atoms with E-state index < -0.39 is 0 Å². The summed E-state index contributed by atoms with van der Waals surface area (Å²) in [7, 11) is 0. The van der Waals surface area contributed by atoms with Gasteiger partial charge in [-0.15, -0.1) is 0 Å². The average molecular weight is 674 g/mol. The largest absolute Gasteiger partial charge is 0.355 e. The predicted octanol–water partition coefficient (Wildman–Crippen LogP) is 8.74. The van der Waals surface area contributed by atoms with E-state index in [1.807, 2.05) is 0 Å². The van der Waals surface area contributed by atoms with Gasteiger partial charge in [0.25, 0.3) is 0 Å². The molecule has 2 N–H and O–H groups in total. The molecule has 196 valence electrons. The summed E-state index contributed by atoms with van der Waals surface area (Å²) in [5, 5.41) is 0. The molecule has 0 amide bonds. The van der Waals surface area contributed by atoms with Crippen LogP contribution in [0.2, 0.25) is 0 Å². The van der Waals surface area contributed by atoms with Crippen molar-refractivity contribution in [3.63, 3.8) is 0 Å². The van der Waals surface area contributed by atoms with Crippen LogP contribution in [0.5, 0.6) is 0 Å². The van der Waals surface area contributed by atoms with Crippen LogP contribution in [0.15, 0.2) is 24.3 Å². The number of hydrogen-bond acceptors (Lipinski definition) is 2. The Kier molecular flexibility index (Phi) is 7.81. The van der Waals surface area contributed by atoms with Gasteiger partial charge in [0.1, 0.15) is 0 Å². The van der Waals surface area contributed by atoms with Crippen molar-refractivity contribution in [1.29, 1.82) is 0 Å². The molecule has 2 aliphatic heterocycles. The smallest absolute Gasteiger partial charge is 0.0693 e. The summed E-state index contributed by atoms with van der Waals surface area (Å²) in [5.41, 5.74) is 19.3. The van der Waals surface area contributed by atoms with Gasteiger partial charge in [0.2, 0.25) is 0 Å². The molecule has 37 heavy (non-hydrogen) atoms. The first-order valence-corrected chi connectivity index (χ1v) is 13.4. The fraction of sp³-hybridized carbons (Fsp3) is 0.375. The van der Waals surface area contributed by atoms with Crippen LogP contribution in [-0.2, 0) is 33.9 Å². The van der Waals surface area contributed by atoms with E-state index in [0.717, 1.165) is 70.5 Å². The van der Waals surface area contributed by atoms with Crippen molar-refractivity contribution in [2.24, 2.45) is 0 Å². The summed E-state index contributed by atoms with van der Waals surface area (Å²) in [6.45, 7) is 17.8. The molecule has 2 aliphatic rings. The van der Waals surface area contributed by atoms with Gasteiger partial charge < -0.3 is 9.97 Å². The molecule has 0 radical (unpaired) electrons. The van der Waals surface area contributed by atoms with Crippen molar-refractivity contribution in [2.75, 3.05) is 0 Å². The van der Waals surface area contributed by atoms with Crippen molar-refractivity contribution in [3.8, 4) is 0 Å². The number of fused-ring (bicyclic) bond motifs is 8. The molecule has 3 aromatic rings. The van der Waals surface area contributed by atoms with Gasteiger partial charge in [-0.25, -0.2) is 9.97 Å². The molecular weight excluding hydrogens is 635 g/mol. The molecule has 5 rings (SSSR count). The molecule has 5 heterocycles. The minimum absolute atomic E-state index is 0. The molecule has 0 fully saturated rings. The molecule has 3 aromatic heterocycles. The number of rotatable bonds is 4. The van der Waals surface area contributed by atoms with Crippen molar-refractivity contribution < 1.29 is 21.1 Å². The van der Waals surface area contributed by atoms with Crippen LogP contribution >= 0.6 is 0 Å². The number of nitrogens with zero attached hydrogens (tertiary/aromatic N) is 2. The fourth-order valence-corrected chi connectivity index (χ4v) is 6.02. The van der Waals surface area contributed by atoms with E-state index in [1.165, 1.54) is 44.5 Å². The minimum atomic E-state index is 0. The molecule has 0 atom stereocenters. The summed E-state index contributed by atoms with van der Waals surface area (Å²) in [4.78, 5) is 17.8. The normalized spacial score (nSPS) is 13.4. The molecule has 0 saturated heterocycles. The quantitative estimate of drug-likeness (QED) is 0.291. The van der Waals surface area contributed by atoms with Crippen LogP contribution in [-0.4, -0.2) is 19.9 Å². The second-order valence-corrected chi connectivity index (χ2v) is 10.1. The number of H-pyrrole nitrogens is 2. The van der Waals surface area contributed by atoms with Crippen molar-refractivity contribution in [3.05, 3.63) is 69.3 Å². The molecule has 0 aromatic carbocycles. The number of nitrogens with one attached hydrogen (secondary N) is 2. The van der Waals surface area contributed by atoms with E-state index in [9.17, 15) is 0 Å². The van der Waals surface area contributed by atoms with E-state index in [2.05, 4.69) is 89.6 Å². The Balaban J connectivity index is 0.00000320. The van der Waals surface area contributed by atoms with Gasteiger partial charge >= 0.3 is 0 Å². The van der Waals surface area contributed by atoms with E-state index in [-0.39, 0.29) is 21.1 Å². The third kappa shape index (κ3) is 4.48. The third-order valence-corrected chi connectivity index (χ3v) is 8.21. The Morgan fingerprint density at radius 3 is 1.35 bits per heavy atom. The third-order valence-electron chi connectivity index (χ3n) is 8.21. The van der Waals surface area contributed by atoms with E-state index in [1.54, 1.807) is 0 Å². The maximum atomic E-state index is 5.14. The molecule has 8 bridgehead atoms. The molecule has 0 aliphatic carbocycles. The van der Waals surface area contributed by atoms with Gasteiger partial charge in [0.05, 0.1) is 22.8 Å². The summed E-state index contributed by atoms with van der Waals surface area (Å²) in [6.07, 6.45) is 3.86. The second kappa shape index (κ2) is 10.6. The van der Waals surface area contributed by atoms with Gasteiger partial charge in [0.15, 0.2) is 0 Å². The maximum Gasteiger partial charge on any atom is 0.0693 e. The second-order valence-electron chi connectivity index (χ2n) is 10.1. The molecule has 0 spiro atoms. The Hall–Kier alpha value is -2.71. The van der Waals surface area contributed by atoms with Gasteiger partial charge in [0, 0.05) is 43.1 Å². The van der Waals surface area contributed by atoms with Crippen LogP contribution < -0.4 is 0 Å². The monoisotopic (exact) mass is 673 g/mol. The number of aromatic amines is 2. The van der Waals surface area contributed by atoms with Crippen LogP contribution in [0.4, 0.5) is 0 Å². The van der Waals surface area contributed by atoms with Crippen LogP contribution in [0.25, 0.3) is 44.4 Å². The fourth-order valence-electron chi connectivity index (χ4n) is 6.02. The van der Waals surface area contributed by atoms with Gasteiger partial charge in [-0.3, -0.25) is 0 Å². The minimum Gasteiger partial charge on any atom is -0.355 e. The first-order chi connectivity index (χ1) is 17.3. The number of hydrogen-bond donors (Lipinski definition) is 2. The first-order valence-electron chi connectivity index (χ1n) is 13.4. The number of aromatic nitrogens is 4. The number of allylic oxidation sites excluding steroid dienone is 4. The molecular formula is C32H38N4Pt. The standard InChI is InChI=1S/C32H38N4.Pt/c1-9-21-17(5)25-13-26-18(6)23(11-3)31(34-26)16-32-24(12-4)20(8)28(36-32)15-30-22(10-2)19(7)27(35-30)14-29(21)33-25;/h13-16,33-34H,9-12H2,1-8H3;. The average Bonchev–Trinajstić information content (AvgIpc) is 3.51. The Morgan fingerprint density at radius 2 is 0.919 bits per heavy atom. The van der Waals surface area contributed by atoms with E-state index in [4.69, 9.17) is 9.97 Å². The van der Waals surface area contributed by atoms with Crippen molar-refractivity contribution >= 4 is 44.4 Å². The SMILES string of the molecule is CCC1=C(C)c2cc3[nH]c(cc4[nH]c(cc5nc(cc1n2)C(C)=C5CC)c(CC)c4C)c(C)c3CC.[Pt]. The van der Waals surface area contributed by atoms with E-state index >= 15 is 0 Å². The first kappa shape index (κ1) is 27.3. The summed E-state index contributed by atoms with van der Waals surface area (Å²) in [5.74, 6) is 0.